The van der Waals surface area contributed by atoms with Gasteiger partial charge in [-0.05, 0) is 42.2 Å². The van der Waals surface area contributed by atoms with E-state index in [4.69, 9.17) is 16.1 Å². The lowest BCUT2D eigenvalue weighted by Crippen LogP contribution is -2.02. The summed E-state index contributed by atoms with van der Waals surface area (Å²) in [6.07, 6.45) is 2.19. The minimum atomic E-state index is -0.630. The fourth-order valence-corrected chi connectivity index (χ4v) is 3.39. The number of aliphatic carboxylic acids is 1. The molecule has 0 unspecified atom stereocenters. The monoisotopic (exact) mass is 440 g/mol. The summed E-state index contributed by atoms with van der Waals surface area (Å²) in [5.74, 6) is -0.348. The molecule has 0 bridgehead atoms. The van der Waals surface area contributed by atoms with E-state index in [2.05, 4.69) is 45.7 Å². The molecule has 2 aromatic carbocycles. The summed E-state index contributed by atoms with van der Waals surface area (Å²) in [5.41, 5.74) is 11.6. The lowest BCUT2D eigenvalue weighted by atomic mass is 10.1. The van der Waals surface area contributed by atoms with Gasteiger partial charge in [0.15, 0.2) is 5.65 Å². The van der Waals surface area contributed by atoms with Crippen molar-refractivity contribution in [2.75, 3.05) is 11.1 Å². The molecular formula is C25H24N6O2. The van der Waals surface area contributed by atoms with Gasteiger partial charge in [0.25, 0.3) is 0 Å². The zero-order valence-corrected chi connectivity index (χ0v) is 18.0. The molecule has 0 atom stereocenters. The number of benzene rings is 2. The predicted molar refractivity (Wildman–Crippen MR) is 126 cm³/mol. The van der Waals surface area contributed by atoms with E-state index < -0.39 is 5.97 Å². The van der Waals surface area contributed by atoms with Crippen LogP contribution >= 0.6 is 0 Å². The Bertz CT molecular complexity index is 1300. The number of nitrogens with two attached hydrogens (primary N) is 1. The fourth-order valence-electron chi connectivity index (χ4n) is 3.39. The number of carboxylic acids is 1. The summed E-state index contributed by atoms with van der Waals surface area (Å²) in [6, 6.07) is 24.2. The average Bonchev–Trinajstić information content (AvgIpc) is 3.60. The molecule has 1 aliphatic carbocycles. The lowest BCUT2D eigenvalue weighted by molar-refractivity contribution is -0.138. The minimum Gasteiger partial charge on any atom is -0.481 e. The van der Waals surface area contributed by atoms with E-state index in [9.17, 15) is 4.79 Å². The summed E-state index contributed by atoms with van der Waals surface area (Å²) in [6.45, 7) is 0.684. The van der Waals surface area contributed by atoms with Crippen LogP contribution in [0.15, 0.2) is 66.7 Å². The number of hydrogen-bond donors (Lipinski definition) is 3. The van der Waals surface area contributed by atoms with Crippen molar-refractivity contribution in [1.29, 1.82) is 5.26 Å². The molecule has 0 amide bonds. The third-order valence-electron chi connectivity index (χ3n) is 5.32. The first-order valence-corrected chi connectivity index (χ1v) is 10.7. The van der Waals surface area contributed by atoms with Crippen LogP contribution in [0.4, 0.5) is 11.6 Å². The van der Waals surface area contributed by atoms with Crippen LogP contribution in [0.1, 0.15) is 24.0 Å². The molecule has 0 radical (unpaired) electrons. The van der Waals surface area contributed by atoms with E-state index >= 15 is 0 Å². The highest BCUT2D eigenvalue weighted by Gasteiger charge is 2.28. The first-order chi connectivity index (χ1) is 16.0. The highest BCUT2D eigenvalue weighted by atomic mass is 16.4. The molecule has 1 saturated carbocycles. The van der Waals surface area contributed by atoms with E-state index in [1.165, 1.54) is 0 Å². The number of nitriles is 1. The second kappa shape index (κ2) is 9.83. The molecule has 166 valence electrons. The largest absolute Gasteiger partial charge is 0.481 e. The van der Waals surface area contributed by atoms with Crippen molar-refractivity contribution >= 4 is 23.3 Å². The van der Waals surface area contributed by atoms with Crippen molar-refractivity contribution in [1.82, 2.24) is 14.6 Å². The number of nitrogens with zero attached hydrogens (tertiary/aromatic N) is 4. The van der Waals surface area contributed by atoms with E-state index in [-0.39, 0.29) is 11.9 Å². The molecular weight excluding hydrogens is 416 g/mol. The fraction of sp³-hybridized carbons (Fsp3) is 0.200. The first kappa shape index (κ1) is 21.8. The Morgan fingerprint density at radius 2 is 1.88 bits per heavy atom. The zero-order chi connectivity index (χ0) is 23.2. The summed E-state index contributed by atoms with van der Waals surface area (Å²) in [5, 5.41) is 24.7. The Hall–Kier alpha value is -4.38. The standard InChI is InChI=1S/C21H18N6.C4H6O2/c22-13-12-16-4-1-2-5-18(16)24-14-15-8-10-17(11-9-15)19-6-3-7-20-25-21(23)26-27(19)20;5-4(6)3-1-2-3/h1-11,24H,12,14H2,(H2,23,26);3H,1-2H2,(H,5,6). The number of anilines is 2. The van der Waals surface area contributed by atoms with E-state index in [1.54, 1.807) is 4.52 Å². The van der Waals surface area contributed by atoms with E-state index in [1.807, 2.05) is 42.5 Å². The van der Waals surface area contributed by atoms with Crippen LogP contribution in [0.25, 0.3) is 16.9 Å². The Balaban J connectivity index is 0.000000376. The van der Waals surface area contributed by atoms with Crippen LogP contribution in [-0.2, 0) is 17.8 Å². The maximum absolute atomic E-state index is 9.76. The van der Waals surface area contributed by atoms with Crippen molar-refractivity contribution in [3.63, 3.8) is 0 Å². The lowest BCUT2D eigenvalue weighted by Gasteiger charge is -2.11. The van der Waals surface area contributed by atoms with Gasteiger partial charge in [0.2, 0.25) is 5.95 Å². The van der Waals surface area contributed by atoms with Gasteiger partial charge >= 0.3 is 5.97 Å². The predicted octanol–water partition coefficient (Wildman–Crippen LogP) is 4.14. The molecule has 1 fully saturated rings. The van der Waals surface area contributed by atoms with Gasteiger partial charge in [0.05, 0.1) is 24.1 Å². The Kier molecular flexibility index (Phi) is 6.51. The number of carbonyl (C=O) groups is 1. The average molecular weight is 441 g/mol. The van der Waals surface area contributed by atoms with Gasteiger partial charge in [-0.2, -0.15) is 10.2 Å². The van der Waals surface area contributed by atoms with Gasteiger partial charge in [0.1, 0.15) is 0 Å². The molecule has 33 heavy (non-hydrogen) atoms. The Labute approximate surface area is 191 Å². The van der Waals surface area contributed by atoms with Crippen molar-refractivity contribution in [3.05, 3.63) is 77.9 Å². The third kappa shape index (κ3) is 5.46. The summed E-state index contributed by atoms with van der Waals surface area (Å²) >= 11 is 0. The topological polar surface area (TPSA) is 129 Å². The number of fused-ring (bicyclic) bond motifs is 1. The van der Waals surface area contributed by atoms with Crippen LogP contribution < -0.4 is 11.1 Å². The molecule has 0 spiro atoms. The van der Waals surface area contributed by atoms with Crippen LogP contribution in [0.2, 0.25) is 0 Å². The number of pyridine rings is 1. The molecule has 4 aromatic rings. The molecule has 0 aliphatic heterocycles. The van der Waals surface area contributed by atoms with Crippen LogP contribution in [0.3, 0.4) is 0 Å². The van der Waals surface area contributed by atoms with Crippen molar-refractivity contribution in [2.24, 2.45) is 5.92 Å². The molecule has 5 rings (SSSR count). The van der Waals surface area contributed by atoms with Crippen molar-refractivity contribution in [2.45, 2.75) is 25.8 Å². The minimum absolute atomic E-state index is 0.0185. The molecule has 2 heterocycles. The van der Waals surface area contributed by atoms with Gasteiger partial charge in [0, 0.05) is 17.8 Å². The first-order valence-electron chi connectivity index (χ1n) is 10.7. The highest BCUT2D eigenvalue weighted by molar-refractivity contribution is 5.72. The zero-order valence-electron chi connectivity index (χ0n) is 18.0. The van der Waals surface area contributed by atoms with E-state index in [0.717, 1.165) is 46.6 Å². The maximum atomic E-state index is 9.76. The van der Waals surface area contributed by atoms with Gasteiger partial charge in [-0.25, -0.2) is 4.52 Å². The third-order valence-corrected chi connectivity index (χ3v) is 5.32. The molecule has 2 aromatic heterocycles. The summed E-state index contributed by atoms with van der Waals surface area (Å²) in [4.78, 5) is 14.0. The van der Waals surface area contributed by atoms with Gasteiger partial charge in [-0.3, -0.25) is 4.79 Å². The number of nitrogens with one attached hydrogen (secondary N) is 1. The van der Waals surface area contributed by atoms with Gasteiger partial charge < -0.3 is 16.2 Å². The second-order valence-electron chi connectivity index (χ2n) is 7.81. The highest BCUT2D eigenvalue weighted by Crippen LogP contribution is 2.28. The Morgan fingerprint density at radius 3 is 2.55 bits per heavy atom. The van der Waals surface area contributed by atoms with Gasteiger partial charge in [-0.1, -0.05) is 48.5 Å². The summed E-state index contributed by atoms with van der Waals surface area (Å²) < 4.78 is 1.75. The molecule has 8 nitrogen and oxygen atoms in total. The quantitative estimate of drug-likeness (QED) is 0.411. The van der Waals surface area contributed by atoms with E-state index in [0.29, 0.717) is 13.0 Å². The van der Waals surface area contributed by atoms with Crippen molar-refractivity contribution in [3.8, 4) is 17.3 Å². The molecule has 4 N–H and O–H groups in total. The summed E-state index contributed by atoms with van der Waals surface area (Å²) in [7, 11) is 0. The van der Waals surface area contributed by atoms with Crippen LogP contribution in [-0.4, -0.2) is 25.7 Å². The molecule has 8 heteroatoms. The SMILES string of the molecule is N#CCc1ccccc1NCc1ccc(-c2cccc3nc(N)nn23)cc1.O=C(O)C1CC1. The smallest absolute Gasteiger partial charge is 0.306 e. The molecule has 0 saturated heterocycles. The van der Waals surface area contributed by atoms with Gasteiger partial charge in [-0.15, -0.1) is 5.10 Å². The maximum Gasteiger partial charge on any atom is 0.306 e. The Morgan fingerprint density at radius 1 is 1.12 bits per heavy atom. The number of para-hydroxylation sites is 1. The normalized spacial score (nSPS) is 12.5. The number of hydrogen-bond acceptors (Lipinski definition) is 6. The number of rotatable bonds is 6. The molecule has 1 aliphatic rings. The van der Waals surface area contributed by atoms with Crippen molar-refractivity contribution < 1.29 is 9.90 Å². The number of aromatic nitrogens is 3. The van der Waals surface area contributed by atoms with Crippen LogP contribution in [0.5, 0.6) is 0 Å². The second-order valence-corrected chi connectivity index (χ2v) is 7.81. The number of nitrogen functional groups attached to an aromatic ring is 1. The van der Waals surface area contributed by atoms with Crippen LogP contribution in [0, 0.1) is 17.2 Å². The number of carboxylic acid groups (broad SMARTS) is 1.